The quantitative estimate of drug-likeness (QED) is 0.568. The van der Waals surface area contributed by atoms with Crippen molar-refractivity contribution in [2.24, 2.45) is 0 Å². The highest BCUT2D eigenvalue weighted by Gasteiger charge is 2.28. The summed E-state index contributed by atoms with van der Waals surface area (Å²) in [5.74, 6) is 0. The highest BCUT2D eigenvalue weighted by atomic mass is 14.3. The van der Waals surface area contributed by atoms with Crippen LogP contribution in [0.3, 0.4) is 0 Å². The molecule has 0 aromatic heterocycles. The van der Waals surface area contributed by atoms with Gasteiger partial charge in [-0.25, -0.2) is 0 Å². The molecule has 3 rings (SSSR count). The lowest BCUT2D eigenvalue weighted by molar-refractivity contribution is 1.07. The molecule has 0 atom stereocenters. The molecule has 0 heteroatoms. The molecule has 106 valence electrons. The molecule has 0 bridgehead atoms. The van der Waals surface area contributed by atoms with Crippen molar-refractivity contribution in [1.29, 1.82) is 0 Å². The van der Waals surface area contributed by atoms with Crippen molar-refractivity contribution < 1.29 is 0 Å². The van der Waals surface area contributed by atoms with E-state index in [-0.39, 0.29) is 0 Å². The topological polar surface area (TPSA) is 0 Å². The number of fused-ring (bicyclic) bond motifs is 2. The first-order valence-corrected chi connectivity index (χ1v) is 7.83. The van der Waals surface area contributed by atoms with Gasteiger partial charge in [-0.2, -0.15) is 0 Å². The van der Waals surface area contributed by atoms with Gasteiger partial charge in [0.25, 0.3) is 0 Å². The fraction of sp³-hybridized carbons (Fsp3) is 0.500. The first kappa shape index (κ1) is 13.7. The summed E-state index contributed by atoms with van der Waals surface area (Å²) in [5.41, 5.74) is 16.1. The lowest BCUT2D eigenvalue weighted by atomic mass is 9.90. The monoisotopic (exact) mass is 266 g/mol. The van der Waals surface area contributed by atoms with Crippen LogP contribution in [0.5, 0.6) is 0 Å². The van der Waals surface area contributed by atoms with E-state index in [1.165, 1.54) is 36.8 Å². The summed E-state index contributed by atoms with van der Waals surface area (Å²) in [6.45, 7) is 13.8. The van der Waals surface area contributed by atoms with E-state index in [4.69, 9.17) is 0 Å². The van der Waals surface area contributed by atoms with E-state index < -0.39 is 0 Å². The molecule has 2 aliphatic rings. The zero-order valence-corrected chi connectivity index (χ0v) is 13.8. The Bertz CT molecular complexity index is 558. The van der Waals surface area contributed by atoms with E-state index in [0.29, 0.717) is 0 Å². The van der Waals surface area contributed by atoms with Gasteiger partial charge in [-0.3, -0.25) is 0 Å². The molecule has 0 unspecified atom stereocenters. The van der Waals surface area contributed by atoms with Crippen LogP contribution in [-0.2, 0) is 25.7 Å². The highest BCUT2D eigenvalue weighted by molar-refractivity contribution is 5.60. The molecule has 1 aromatic rings. The molecule has 2 aliphatic carbocycles. The van der Waals surface area contributed by atoms with Gasteiger partial charge >= 0.3 is 0 Å². The molecule has 0 spiro atoms. The van der Waals surface area contributed by atoms with Crippen LogP contribution in [0, 0.1) is 13.8 Å². The second-order valence-electron chi connectivity index (χ2n) is 7.08. The Morgan fingerprint density at radius 1 is 0.550 bits per heavy atom. The van der Waals surface area contributed by atoms with Crippen LogP contribution in [0.1, 0.15) is 61.1 Å². The van der Waals surface area contributed by atoms with Crippen molar-refractivity contribution in [3.63, 3.8) is 0 Å². The van der Waals surface area contributed by atoms with E-state index in [0.717, 1.165) is 0 Å². The molecule has 1 aromatic carbocycles. The van der Waals surface area contributed by atoms with Crippen molar-refractivity contribution in [1.82, 2.24) is 0 Å². The summed E-state index contributed by atoms with van der Waals surface area (Å²) < 4.78 is 0. The maximum absolute atomic E-state index is 2.36. The molecule has 0 fully saturated rings. The molecule has 0 N–H and O–H groups in total. The Labute approximate surface area is 123 Å². The molecule has 0 nitrogen and oxygen atoms in total. The van der Waals surface area contributed by atoms with Gasteiger partial charge < -0.3 is 0 Å². The molecule has 0 heterocycles. The Hall–Kier alpha value is -1.30. The Morgan fingerprint density at radius 3 is 1.00 bits per heavy atom. The van der Waals surface area contributed by atoms with Gasteiger partial charge in [0.2, 0.25) is 0 Å². The summed E-state index contributed by atoms with van der Waals surface area (Å²) in [7, 11) is 0. The van der Waals surface area contributed by atoms with Crippen LogP contribution >= 0.6 is 0 Å². The van der Waals surface area contributed by atoms with Crippen molar-refractivity contribution in [3.05, 3.63) is 55.7 Å². The molecule has 20 heavy (non-hydrogen) atoms. The van der Waals surface area contributed by atoms with Crippen LogP contribution in [-0.4, -0.2) is 0 Å². The Morgan fingerprint density at radius 2 is 0.800 bits per heavy atom. The molecular weight excluding hydrogens is 240 g/mol. The highest BCUT2D eigenvalue weighted by Crippen LogP contribution is 2.41. The normalized spacial score (nSPS) is 16.5. The molecule has 0 saturated heterocycles. The summed E-state index contributed by atoms with van der Waals surface area (Å²) in [6, 6.07) is 0. The average Bonchev–Trinajstić information content (AvgIpc) is 3.00. The third-order valence-electron chi connectivity index (χ3n) is 5.51. The van der Waals surface area contributed by atoms with E-state index in [2.05, 4.69) is 41.5 Å². The number of benzene rings is 1. The van der Waals surface area contributed by atoms with Crippen molar-refractivity contribution in [2.75, 3.05) is 0 Å². The van der Waals surface area contributed by atoms with Gasteiger partial charge in [-0.15, -0.1) is 0 Å². The molecule has 0 aliphatic heterocycles. The minimum Gasteiger partial charge on any atom is -0.0766 e. The number of allylic oxidation sites excluding steroid dienone is 4. The van der Waals surface area contributed by atoms with Crippen LogP contribution in [0.15, 0.2) is 22.3 Å². The second kappa shape index (κ2) is 4.62. The molecule has 0 radical (unpaired) electrons. The summed E-state index contributed by atoms with van der Waals surface area (Å²) in [6.07, 6.45) is 4.78. The number of hydrogen-bond acceptors (Lipinski definition) is 0. The van der Waals surface area contributed by atoms with Gasteiger partial charge in [0.05, 0.1) is 0 Å². The van der Waals surface area contributed by atoms with Gasteiger partial charge in [0.1, 0.15) is 0 Å². The first-order valence-electron chi connectivity index (χ1n) is 7.83. The number of hydrogen-bond donors (Lipinski definition) is 0. The smallest absolute Gasteiger partial charge is 0.00556 e. The van der Waals surface area contributed by atoms with Crippen LogP contribution in [0.4, 0.5) is 0 Å². The zero-order valence-electron chi connectivity index (χ0n) is 13.8. The minimum atomic E-state index is 1.20. The van der Waals surface area contributed by atoms with Crippen LogP contribution < -0.4 is 0 Å². The maximum atomic E-state index is 2.36. The minimum absolute atomic E-state index is 1.20. The van der Waals surface area contributed by atoms with Gasteiger partial charge in [-0.1, -0.05) is 22.3 Å². The maximum Gasteiger partial charge on any atom is -0.00556 e. The number of rotatable bonds is 0. The zero-order chi connectivity index (χ0) is 14.6. The summed E-state index contributed by atoms with van der Waals surface area (Å²) in [5, 5.41) is 0. The third-order valence-corrected chi connectivity index (χ3v) is 5.51. The van der Waals surface area contributed by atoms with Crippen LogP contribution in [0.2, 0.25) is 0 Å². The SMILES string of the molecule is CC(C)=C1Cc2c(C)c3c(c(C)c2C1)CC(=C(C)C)C3. The molecule has 0 saturated carbocycles. The van der Waals surface area contributed by atoms with E-state index in [1.807, 2.05) is 0 Å². The summed E-state index contributed by atoms with van der Waals surface area (Å²) >= 11 is 0. The lowest BCUT2D eigenvalue weighted by Gasteiger charge is -2.14. The van der Waals surface area contributed by atoms with Crippen molar-refractivity contribution >= 4 is 0 Å². The predicted octanol–water partition coefficient (Wildman–Crippen LogP) is 5.17. The Balaban J connectivity index is 2.17. The largest absolute Gasteiger partial charge is 0.0766 e. The molecular formula is C20H26. The predicted molar refractivity (Wildman–Crippen MR) is 87.5 cm³/mol. The van der Waals surface area contributed by atoms with E-state index >= 15 is 0 Å². The molecule has 0 amide bonds. The van der Waals surface area contributed by atoms with E-state index in [9.17, 15) is 0 Å². The standard InChI is InChI=1S/C20H26/c1-11(2)15-7-17-13(5)19-9-16(12(3)4)10-20(19)14(6)18(17)8-15/h7-10H2,1-6H3. The Kier molecular flexibility index (Phi) is 3.16. The van der Waals surface area contributed by atoms with Gasteiger partial charge in [0, 0.05) is 0 Å². The van der Waals surface area contributed by atoms with Gasteiger partial charge in [0.15, 0.2) is 0 Å². The first-order chi connectivity index (χ1) is 9.40. The van der Waals surface area contributed by atoms with Crippen LogP contribution in [0.25, 0.3) is 0 Å². The fourth-order valence-corrected chi connectivity index (χ4v) is 3.91. The third kappa shape index (κ3) is 1.89. The summed E-state index contributed by atoms with van der Waals surface area (Å²) in [4.78, 5) is 0. The lowest BCUT2D eigenvalue weighted by Crippen LogP contribution is -2.00. The average molecular weight is 266 g/mol. The second-order valence-corrected chi connectivity index (χ2v) is 7.08. The van der Waals surface area contributed by atoms with E-state index in [1.54, 1.807) is 44.5 Å². The van der Waals surface area contributed by atoms with Crippen molar-refractivity contribution in [3.8, 4) is 0 Å². The fourth-order valence-electron chi connectivity index (χ4n) is 3.91. The van der Waals surface area contributed by atoms with Gasteiger partial charge in [-0.05, 0) is 101 Å². The van der Waals surface area contributed by atoms with Crippen molar-refractivity contribution in [2.45, 2.75) is 67.2 Å².